The average molecular weight is 525 g/mol. The fourth-order valence-corrected chi connectivity index (χ4v) is 6.09. The monoisotopic (exact) mass is 524 g/mol. The summed E-state index contributed by atoms with van der Waals surface area (Å²) in [5.74, 6) is 1.04. The Balaban J connectivity index is 1.41. The van der Waals surface area contributed by atoms with E-state index < -0.39 is 5.82 Å². The van der Waals surface area contributed by atoms with Crippen LogP contribution >= 0.6 is 11.6 Å². The van der Waals surface area contributed by atoms with Crippen molar-refractivity contribution in [3.8, 4) is 5.69 Å². The van der Waals surface area contributed by atoms with Gasteiger partial charge in [0.25, 0.3) is 5.56 Å². The van der Waals surface area contributed by atoms with Crippen LogP contribution in [0.5, 0.6) is 0 Å². The predicted molar refractivity (Wildman–Crippen MR) is 145 cm³/mol. The molecule has 1 amide bonds. The van der Waals surface area contributed by atoms with E-state index in [0.717, 1.165) is 12.8 Å². The van der Waals surface area contributed by atoms with Gasteiger partial charge in [-0.3, -0.25) is 19.1 Å². The Morgan fingerprint density at radius 3 is 2.54 bits per heavy atom. The minimum atomic E-state index is -0.533. The second-order valence-electron chi connectivity index (χ2n) is 10.3. The number of halogens is 2. The molecule has 8 heteroatoms. The lowest BCUT2D eigenvalue weighted by molar-refractivity contribution is -0.133. The van der Waals surface area contributed by atoms with Crippen LogP contribution in [0.4, 0.5) is 4.39 Å². The van der Waals surface area contributed by atoms with E-state index in [1.807, 2.05) is 23.1 Å². The quantitative estimate of drug-likeness (QED) is 0.395. The molecule has 1 aliphatic heterocycles. The van der Waals surface area contributed by atoms with Crippen LogP contribution in [0, 0.1) is 11.7 Å². The van der Waals surface area contributed by atoms with Crippen molar-refractivity contribution in [2.24, 2.45) is 5.92 Å². The van der Waals surface area contributed by atoms with E-state index in [1.165, 1.54) is 37.8 Å². The maximum Gasteiger partial charge on any atom is 0.266 e. The van der Waals surface area contributed by atoms with Crippen molar-refractivity contribution >= 4 is 28.4 Å². The fourth-order valence-electron chi connectivity index (χ4n) is 5.92. The van der Waals surface area contributed by atoms with Gasteiger partial charge in [-0.2, -0.15) is 0 Å². The highest BCUT2D eigenvalue weighted by molar-refractivity contribution is 6.30. The Morgan fingerprint density at radius 1 is 1.11 bits per heavy atom. The van der Waals surface area contributed by atoms with Gasteiger partial charge in [0.1, 0.15) is 11.6 Å². The third kappa shape index (κ3) is 5.43. The zero-order valence-electron chi connectivity index (χ0n) is 21.3. The number of carbonyl (C=O) groups excluding carboxylic acids is 1. The highest BCUT2D eigenvalue weighted by atomic mass is 35.5. The summed E-state index contributed by atoms with van der Waals surface area (Å²) in [7, 11) is 0. The van der Waals surface area contributed by atoms with Crippen LogP contribution < -0.4 is 5.56 Å². The molecule has 1 unspecified atom stereocenters. The van der Waals surface area contributed by atoms with Crippen molar-refractivity contribution in [1.29, 1.82) is 0 Å². The molecule has 2 fully saturated rings. The molecular formula is C29H34ClFN4O2. The van der Waals surface area contributed by atoms with E-state index in [9.17, 15) is 14.0 Å². The third-order valence-electron chi connectivity index (χ3n) is 8.00. The van der Waals surface area contributed by atoms with Gasteiger partial charge in [0, 0.05) is 32.6 Å². The molecule has 0 bridgehead atoms. The van der Waals surface area contributed by atoms with Crippen molar-refractivity contribution in [2.75, 3.05) is 26.2 Å². The Kier molecular flexibility index (Phi) is 7.91. The van der Waals surface area contributed by atoms with Crippen molar-refractivity contribution in [1.82, 2.24) is 19.4 Å². The summed E-state index contributed by atoms with van der Waals surface area (Å²) >= 11 is 6.10. The number of amides is 1. The van der Waals surface area contributed by atoms with E-state index in [-0.39, 0.29) is 22.5 Å². The summed E-state index contributed by atoms with van der Waals surface area (Å²) in [5.41, 5.74) is 0.914. The van der Waals surface area contributed by atoms with Crippen molar-refractivity contribution in [2.45, 2.75) is 57.9 Å². The maximum atomic E-state index is 14.0. The first-order valence-electron chi connectivity index (χ1n) is 13.4. The number of nitrogens with zero attached hydrogens (tertiary/aromatic N) is 4. The molecule has 2 aliphatic rings. The molecule has 196 valence electrons. The first-order valence-corrected chi connectivity index (χ1v) is 13.8. The lowest BCUT2D eigenvalue weighted by Crippen LogP contribution is -2.50. The Hall–Kier alpha value is -2.77. The largest absolute Gasteiger partial charge is 0.340 e. The summed E-state index contributed by atoms with van der Waals surface area (Å²) in [6.07, 6.45) is 7.50. The molecule has 1 aliphatic carbocycles. The lowest BCUT2D eigenvalue weighted by atomic mass is 10.0. The van der Waals surface area contributed by atoms with Crippen molar-refractivity contribution < 1.29 is 9.18 Å². The number of fused-ring (bicyclic) bond motifs is 1. The number of carbonyl (C=O) groups is 1. The van der Waals surface area contributed by atoms with Gasteiger partial charge < -0.3 is 4.90 Å². The zero-order chi connectivity index (χ0) is 25.9. The van der Waals surface area contributed by atoms with Gasteiger partial charge in [0.2, 0.25) is 5.91 Å². The first kappa shape index (κ1) is 25.9. The molecule has 37 heavy (non-hydrogen) atoms. The number of para-hydroxylation sites is 1. The number of hydrogen-bond donors (Lipinski definition) is 0. The molecule has 0 N–H and O–H groups in total. The van der Waals surface area contributed by atoms with Crippen LogP contribution in [-0.2, 0) is 4.79 Å². The number of benzene rings is 2. The van der Waals surface area contributed by atoms with Gasteiger partial charge in [-0.15, -0.1) is 0 Å². The standard InChI is InChI=1S/C29H34ClFN4O2/c1-2-26(33-15-17-34(18-16-33)27(36)14-11-20-7-3-4-8-20)28-32-25-10-6-5-9-22(25)29(37)35(28)21-12-13-24(31)23(30)19-21/h5-6,9-10,12-13,19-20,26H,2-4,7-8,11,14-18H2,1H3. The summed E-state index contributed by atoms with van der Waals surface area (Å²) in [6, 6.07) is 11.5. The second-order valence-corrected chi connectivity index (χ2v) is 10.7. The first-order chi connectivity index (χ1) is 18.0. The van der Waals surface area contributed by atoms with Crippen LogP contribution in [0.3, 0.4) is 0 Å². The molecule has 1 atom stereocenters. The van der Waals surface area contributed by atoms with Gasteiger partial charge in [0.15, 0.2) is 0 Å². The average Bonchev–Trinajstić information content (AvgIpc) is 3.44. The van der Waals surface area contributed by atoms with Crippen LogP contribution in [-0.4, -0.2) is 51.4 Å². The molecule has 1 aromatic heterocycles. The molecule has 0 spiro atoms. The number of hydrogen-bond acceptors (Lipinski definition) is 4. The topological polar surface area (TPSA) is 58.4 Å². The summed E-state index contributed by atoms with van der Waals surface area (Å²) in [5, 5.41) is 0.459. The summed E-state index contributed by atoms with van der Waals surface area (Å²) < 4.78 is 15.5. The highest BCUT2D eigenvalue weighted by Crippen LogP contribution is 2.30. The van der Waals surface area contributed by atoms with Crippen LogP contribution in [0.2, 0.25) is 5.02 Å². The highest BCUT2D eigenvalue weighted by Gasteiger charge is 2.30. The SMILES string of the molecule is CCC(c1nc2ccccc2c(=O)n1-c1ccc(F)c(Cl)c1)N1CCN(C(=O)CCC2CCCC2)CC1. The molecule has 2 aromatic carbocycles. The normalized spacial score (nSPS) is 18.0. The summed E-state index contributed by atoms with van der Waals surface area (Å²) in [6.45, 7) is 4.83. The van der Waals surface area contributed by atoms with E-state index in [1.54, 1.807) is 16.7 Å². The molecule has 5 rings (SSSR count). The smallest absolute Gasteiger partial charge is 0.266 e. The fraction of sp³-hybridized carbons (Fsp3) is 0.483. The zero-order valence-corrected chi connectivity index (χ0v) is 22.1. The second kappa shape index (κ2) is 11.3. The molecular weight excluding hydrogens is 491 g/mol. The van der Waals surface area contributed by atoms with Crippen molar-refractivity contribution in [3.63, 3.8) is 0 Å². The number of piperazine rings is 1. The number of rotatable bonds is 7. The van der Waals surface area contributed by atoms with Crippen LogP contribution in [0.1, 0.15) is 63.7 Å². The molecule has 1 saturated carbocycles. The van der Waals surface area contributed by atoms with Gasteiger partial charge >= 0.3 is 0 Å². The molecule has 0 radical (unpaired) electrons. The minimum absolute atomic E-state index is 0.0405. The molecule has 3 aromatic rings. The minimum Gasteiger partial charge on any atom is -0.340 e. The van der Waals surface area contributed by atoms with Gasteiger partial charge in [-0.05, 0) is 49.1 Å². The number of aromatic nitrogens is 2. The summed E-state index contributed by atoms with van der Waals surface area (Å²) in [4.78, 5) is 35.8. The maximum absolute atomic E-state index is 14.0. The van der Waals surface area contributed by atoms with E-state index in [2.05, 4.69) is 11.8 Å². The Morgan fingerprint density at radius 2 is 1.84 bits per heavy atom. The third-order valence-corrected chi connectivity index (χ3v) is 8.29. The van der Waals surface area contributed by atoms with Gasteiger partial charge in [0.05, 0.1) is 27.7 Å². The van der Waals surface area contributed by atoms with E-state index in [0.29, 0.717) is 60.9 Å². The van der Waals surface area contributed by atoms with E-state index in [4.69, 9.17) is 16.6 Å². The van der Waals surface area contributed by atoms with Gasteiger partial charge in [-0.1, -0.05) is 56.3 Å². The molecule has 1 saturated heterocycles. The Bertz CT molecular complexity index is 1330. The van der Waals surface area contributed by atoms with Crippen LogP contribution in [0.25, 0.3) is 16.6 Å². The van der Waals surface area contributed by atoms with E-state index >= 15 is 0 Å². The Labute approximate surface area is 222 Å². The van der Waals surface area contributed by atoms with Gasteiger partial charge in [-0.25, -0.2) is 9.37 Å². The molecule has 6 nitrogen and oxygen atoms in total. The molecule has 2 heterocycles. The van der Waals surface area contributed by atoms with Crippen LogP contribution in [0.15, 0.2) is 47.3 Å². The lowest BCUT2D eigenvalue weighted by Gasteiger charge is -2.39. The predicted octanol–water partition coefficient (Wildman–Crippen LogP) is 5.74. The van der Waals surface area contributed by atoms with Crippen molar-refractivity contribution in [3.05, 3.63) is 69.5 Å².